The van der Waals surface area contributed by atoms with Gasteiger partial charge in [0.25, 0.3) is 0 Å². The maximum Gasteiger partial charge on any atom is 0.180 e. The highest BCUT2D eigenvalue weighted by atomic mass is 32.2. The Kier molecular flexibility index (Phi) is 3.63. The third kappa shape index (κ3) is 2.68. The highest BCUT2D eigenvalue weighted by Crippen LogP contribution is 2.23. The zero-order chi connectivity index (χ0) is 13.2. The zero-order valence-electron chi connectivity index (χ0n) is 10.8. The van der Waals surface area contributed by atoms with Crippen LogP contribution in [0.3, 0.4) is 0 Å². The summed E-state index contributed by atoms with van der Waals surface area (Å²) in [6.07, 6.45) is 7.50. The molecule has 0 fully saturated rings. The first-order valence-corrected chi connectivity index (χ1v) is 6.87. The van der Waals surface area contributed by atoms with Crippen LogP contribution in [0.1, 0.15) is 13.8 Å². The molecule has 2 aromatic heterocycles. The van der Waals surface area contributed by atoms with Gasteiger partial charge in [-0.25, -0.2) is 15.8 Å². The van der Waals surface area contributed by atoms with E-state index in [0.29, 0.717) is 5.82 Å². The van der Waals surface area contributed by atoms with Gasteiger partial charge in [-0.1, -0.05) is 0 Å². The smallest absolute Gasteiger partial charge is 0.180 e. The number of nitrogen functional groups attached to an aromatic ring is 1. The molecule has 6 nitrogen and oxygen atoms in total. The van der Waals surface area contributed by atoms with Crippen LogP contribution < -0.4 is 16.6 Å². The van der Waals surface area contributed by atoms with Crippen LogP contribution in [-0.4, -0.2) is 31.9 Å². The fourth-order valence-corrected chi connectivity index (χ4v) is 1.71. The van der Waals surface area contributed by atoms with E-state index >= 15 is 0 Å². The van der Waals surface area contributed by atoms with Gasteiger partial charge >= 0.3 is 0 Å². The topological polar surface area (TPSA) is 80.3 Å². The van der Waals surface area contributed by atoms with Gasteiger partial charge in [-0.05, 0) is 20.1 Å². The normalized spacial score (nSPS) is 11.8. The number of rotatable bonds is 5. The number of nitrogens with zero attached hydrogens (tertiary/aromatic N) is 3. The van der Waals surface area contributed by atoms with Crippen LogP contribution in [0.5, 0.6) is 0 Å². The first kappa shape index (κ1) is 13.0. The largest absolute Gasteiger partial charge is 0.366 e. The standard InChI is InChI=1S/C11H18N6S/c1-11(2,18-3)7-14-9-10-13-4-5-17(10)6-8(15-9)16-12/h4-6,16H,7,12H2,1-3H3,(H,14,15). The van der Waals surface area contributed by atoms with Crippen molar-refractivity contribution in [1.82, 2.24) is 14.4 Å². The van der Waals surface area contributed by atoms with E-state index in [4.69, 9.17) is 5.84 Å². The molecule has 0 saturated heterocycles. The van der Waals surface area contributed by atoms with E-state index in [9.17, 15) is 0 Å². The monoisotopic (exact) mass is 266 g/mol. The maximum absolute atomic E-state index is 5.41. The molecule has 2 aromatic rings. The number of aromatic nitrogens is 3. The van der Waals surface area contributed by atoms with Crippen LogP contribution in [0.4, 0.5) is 11.6 Å². The highest BCUT2D eigenvalue weighted by molar-refractivity contribution is 7.99. The molecule has 0 aromatic carbocycles. The van der Waals surface area contributed by atoms with Crippen LogP contribution in [0, 0.1) is 0 Å². The van der Waals surface area contributed by atoms with Gasteiger partial charge in [-0.15, -0.1) is 0 Å². The lowest BCUT2D eigenvalue weighted by Gasteiger charge is -2.22. The summed E-state index contributed by atoms with van der Waals surface area (Å²) in [6, 6.07) is 0. The number of hydrogen-bond donors (Lipinski definition) is 3. The van der Waals surface area contributed by atoms with E-state index in [1.54, 1.807) is 24.2 Å². The number of hydrogen-bond acceptors (Lipinski definition) is 6. The summed E-state index contributed by atoms with van der Waals surface area (Å²) in [5.74, 6) is 6.74. The summed E-state index contributed by atoms with van der Waals surface area (Å²) in [7, 11) is 0. The molecule has 0 bridgehead atoms. The van der Waals surface area contributed by atoms with Gasteiger partial charge in [0, 0.05) is 23.7 Å². The number of nitrogens with two attached hydrogens (primary N) is 1. The van der Waals surface area contributed by atoms with E-state index in [1.807, 2.05) is 10.6 Å². The molecular weight excluding hydrogens is 248 g/mol. The molecule has 0 amide bonds. The zero-order valence-corrected chi connectivity index (χ0v) is 11.6. The summed E-state index contributed by atoms with van der Waals surface area (Å²) in [5.41, 5.74) is 3.35. The lowest BCUT2D eigenvalue weighted by molar-refractivity contribution is 0.750. The third-order valence-corrected chi connectivity index (χ3v) is 4.01. The Labute approximate surface area is 110 Å². The SMILES string of the molecule is CSC(C)(C)CNc1nc(NN)cn2ccnc12. The first-order valence-electron chi connectivity index (χ1n) is 5.65. The second-order valence-electron chi connectivity index (χ2n) is 4.59. The van der Waals surface area contributed by atoms with Gasteiger partial charge in [-0.2, -0.15) is 11.8 Å². The van der Waals surface area contributed by atoms with Gasteiger partial charge < -0.3 is 15.1 Å². The average molecular weight is 266 g/mol. The summed E-state index contributed by atoms with van der Waals surface area (Å²) in [4.78, 5) is 8.67. The van der Waals surface area contributed by atoms with Crippen molar-refractivity contribution >= 4 is 29.0 Å². The maximum atomic E-state index is 5.41. The molecule has 2 rings (SSSR count). The minimum Gasteiger partial charge on any atom is -0.366 e. The number of anilines is 2. The van der Waals surface area contributed by atoms with E-state index in [-0.39, 0.29) is 4.75 Å². The van der Waals surface area contributed by atoms with E-state index in [2.05, 4.69) is 40.8 Å². The molecule has 2 heterocycles. The van der Waals surface area contributed by atoms with Crippen molar-refractivity contribution in [2.24, 2.45) is 5.84 Å². The molecular formula is C11H18N6S. The molecule has 0 radical (unpaired) electrons. The van der Waals surface area contributed by atoms with Gasteiger partial charge in [0.2, 0.25) is 0 Å². The molecule has 7 heteroatoms. The molecule has 98 valence electrons. The number of hydrazine groups is 1. The summed E-state index contributed by atoms with van der Waals surface area (Å²) in [6.45, 7) is 5.16. The second kappa shape index (κ2) is 5.03. The van der Waals surface area contributed by atoms with E-state index in [0.717, 1.165) is 18.0 Å². The Morgan fingerprint density at radius 2 is 2.28 bits per heavy atom. The lowest BCUT2D eigenvalue weighted by atomic mass is 10.2. The highest BCUT2D eigenvalue weighted by Gasteiger charge is 2.17. The molecule has 0 aliphatic carbocycles. The Morgan fingerprint density at radius 3 is 2.94 bits per heavy atom. The molecule has 0 spiro atoms. The van der Waals surface area contributed by atoms with Crippen LogP contribution in [0.15, 0.2) is 18.6 Å². The van der Waals surface area contributed by atoms with E-state index < -0.39 is 0 Å². The van der Waals surface area contributed by atoms with E-state index in [1.165, 1.54) is 0 Å². The fourth-order valence-electron chi connectivity index (χ4n) is 1.49. The predicted molar refractivity (Wildman–Crippen MR) is 76.9 cm³/mol. The summed E-state index contributed by atoms with van der Waals surface area (Å²) >= 11 is 1.81. The van der Waals surface area contributed by atoms with Gasteiger partial charge in [0.1, 0.15) is 0 Å². The van der Waals surface area contributed by atoms with Gasteiger partial charge in [0.15, 0.2) is 17.3 Å². The van der Waals surface area contributed by atoms with Crippen molar-refractivity contribution < 1.29 is 0 Å². The van der Waals surface area contributed by atoms with Gasteiger partial charge in [0.05, 0.1) is 6.20 Å². The van der Waals surface area contributed by atoms with Crippen molar-refractivity contribution in [1.29, 1.82) is 0 Å². The molecule has 0 unspecified atom stereocenters. The van der Waals surface area contributed by atoms with Crippen LogP contribution in [-0.2, 0) is 0 Å². The summed E-state index contributed by atoms with van der Waals surface area (Å²) in [5, 5.41) is 3.33. The molecule has 18 heavy (non-hydrogen) atoms. The van der Waals surface area contributed by atoms with Crippen molar-refractivity contribution in [3.05, 3.63) is 18.6 Å². The minimum atomic E-state index is 0.136. The number of imidazole rings is 1. The first-order chi connectivity index (χ1) is 8.55. The third-order valence-electron chi connectivity index (χ3n) is 2.76. The average Bonchev–Trinajstić information content (AvgIpc) is 2.84. The lowest BCUT2D eigenvalue weighted by Crippen LogP contribution is -2.26. The molecule has 0 saturated carbocycles. The van der Waals surface area contributed by atoms with Crippen molar-refractivity contribution in [2.75, 3.05) is 23.5 Å². The predicted octanol–water partition coefficient (Wildman–Crippen LogP) is 1.57. The van der Waals surface area contributed by atoms with Crippen molar-refractivity contribution in [3.8, 4) is 0 Å². The molecule has 0 aliphatic rings. The fraction of sp³-hybridized carbons (Fsp3) is 0.455. The second-order valence-corrected chi connectivity index (χ2v) is 6.11. The Hall–Kier alpha value is -1.47. The number of nitrogens with one attached hydrogen (secondary N) is 2. The number of fused-ring (bicyclic) bond motifs is 1. The molecule has 0 aliphatic heterocycles. The van der Waals surface area contributed by atoms with Crippen LogP contribution in [0.25, 0.3) is 5.65 Å². The minimum absolute atomic E-state index is 0.136. The molecule has 4 N–H and O–H groups in total. The van der Waals surface area contributed by atoms with Crippen LogP contribution in [0.2, 0.25) is 0 Å². The van der Waals surface area contributed by atoms with Crippen molar-refractivity contribution in [2.45, 2.75) is 18.6 Å². The quantitative estimate of drug-likeness (QED) is 0.563. The molecule has 0 atom stereocenters. The summed E-state index contributed by atoms with van der Waals surface area (Å²) < 4.78 is 2.02. The Bertz CT molecular complexity index is 535. The Balaban J connectivity index is 2.28. The van der Waals surface area contributed by atoms with Gasteiger partial charge in [-0.3, -0.25) is 0 Å². The van der Waals surface area contributed by atoms with Crippen LogP contribution >= 0.6 is 11.8 Å². The number of thioether (sulfide) groups is 1. The Morgan fingerprint density at radius 1 is 1.50 bits per heavy atom. The van der Waals surface area contributed by atoms with Crippen molar-refractivity contribution in [3.63, 3.8) is 0 Å².